The highest BCUT2D eigenvalue weighted by atomic mass is 79.9. The minimum Gasteiger partial charge on any atom is -0.350 e. The van der Waals surface area contributed by atoms with Crippen molar-refractivity contribution in [3.63, 3.8) is 0 Å². The number of piperidine rings is 1. The lowest BCUT2D eigenvalue weighted by Gasteiger charge is -2.27. The number of carbonyl (C=O) groups is 1. The molecule has 1 N–H and O–H groups in total. The van der Waals surface area contributed by atoms with Crippen molar-refractivity contribution in [3.05, 3.63) is 94.0 Å². The molecule has 1 saturated heterocycles. The molecule has 6 nitrogen and oxygen atoms in total. The first-order valence-corrected chi connectivity index (χ1v) is 14.5. The Hall–Kier alpha value is -2.68. The standard InChI is InChI=1S/C28H32BrN3O3S/c1-22-9-15-27(16-10-22)36(34,35)32(26-13-11-25(29)12-14-26)21-28(33)30-19-23-7-3-4-8-24(23)20-31-17-5-2-6-18-31/h3-4,7-16H,2,5-6,17-21H2,1H3,(H,30,33). The van der Waals surface area contributed by atoms with Crippen LogP contribution in [0.5, 0.6) is 0 Å². The smallest absolute Gasteiger partial charge is 0.264 e. The van der Waals surface area contributed by atoms with Gasteiger partial charge in [-0.1, -0.05) is 64.3 Å². The van der Waals surface area contributed by atoms with Gasteiger partial charge in [-0.15, -0.1) is 0 Å². The molecule has 0 saturated carbocycles. The van der Waals surface area contributed by atoms with Crippen LogP contribution >= 0.6 is 15.9 Å². The summed E-state index contributed by atoms with van der Waals surface area (Å²) in [6.45, 7) is 4.99. The van der Waals surface area contributed by atoms with Gasteiger partial charge in [0.25, 0.3) is 10.0 Å². The molecule has 0 unspecified atom stereocenters. The molecule has 36 heavy (non-hydrogen) atoms. The zero-order valence-corrected chi connectivity index (χ0v) is 22.9. The van der Waals surface area contributed by atoms with Crippen LogP contribution in [0.3, 0.4) is 0 Å². The third kappa shape index (κ3) is 6.75. The first-order valence-electron chi connectivity index (χ1n) is 12.2. The van der Waals surface area contributed by atoms with Crippen molar-refractivity contribution in [1.29, 1.82) is 0 Å². The molecule has 1 heterocycles. The molecule has 0 aromatic heterocycles. The van der Waals surface area contributed by atoms with E-state index in [1.54, 1.807) is 48.5 Å². The highest BCUT2D eigenvalue weighted by molar-refractivity contribution is 9.10. The Bertz CT molecular complexity index is 1270. The monoisotopic (exact) mass is 569 g/mol. The summed E-state index contributed by atoms with van der Waals surface area (Å²) in [7, 11) is -3.94. The zero-order chi connectivity index (χ0) is 25.5. The Labute approximate surface area is 222 Å². The van der Waals surface area contributed by atoms with Crippen molar-refractivity contribution in [2.75, 3.05) is 23.9 Å². The summed E-state index contributed by atoms with van der Waals surface area (Å²) in [6.07, 6.45) is 3.73. The van der Waals surface area contributed by atoms with E-state index in [0.717, 1.165) is 35.2 Å². The third-order valence-corrected chi connectivity index (χ3v) is 8.76. The Balaban J connectivity index is 1.50. The van der Waals surface area contributed by atoms with E-state index in [1.165, 1.54) is 29.1 Å². The number of likely N-dealkylation sites (tertiary alicyclic amines) is 1. The summed E-state index contributed by atoms with van der Waals surface area (Å²) in [5.41, 5.74) is 3.63. The fraction of sp³-hybridized carbons (Fsp3) is 0.321. The zero-order valence-electron chi connectivity index (χ0n) is 20.5. The number of halogens is 1. The van der Waals surface area contributed by atoms with Crippen molar-refractivity contribution >= 4 is 37.5 Å². The number of rotatable bonds is 9. The molecule has 1 aliphatic rings. The molecule has 0 spiro atoms. The molecule has 0 aliphatic carbocycles. The van der Waals surface area contributed by atoms with Crippen LogP contribution in [0.15, 0.2) is 82.2 Å². The topological polar surface area (TPSA) is 69.7 Å². The number of aryl methyl sites for hydroxylation is 1. The van der Waals surface area contributed by atoms with Crippen LogP contribution in [0.4, 0.5) is 5.69 Å². The molecule has 3 aromatic carbocycles. The summed E-state index contributed by atoms with van der Waals surface area (Å²) in [5.74, 6) is -0.360. The van der Waals surface area contributed by atoms with Gasteiger partial charge in [-0.05, 0) is 80.4 Å². The van der Waals surface area contributed by atoms with Crippen molar-refractivity contribution in [2.24, 2.45) is 0 Å². The Morgan fingerprint density at radius 3 is 2.22 bits per heavy atom. The number of sulfonamides is 1. The molecule has 4 rings (SSSR count). The number of hydrogen-bond donors (Lipinski definition) is 1. The largest absolute Gasteiger partial charge is 0.350 e. The van der Waals surface area contributed by atoms with Crippen LogP contribution < -0.4 is 9.62 Å². The highest BCUT2D eigenvalue weighted by Crippen LogP contribution is 2.25. The van der Waals surface area contributed by atoms with E-state index in [1.807, 2.05) is 25.1 Å². The van der Waals surface area contributed by atoms with Crippen LogP contribution in [0.2, 0.25) is 0 Å². The molecule has 0 atom stereocenters. The van der Waals surface area contributed by atoms with Crippen LogP contribution in [0.25, 0.3) is 0 Å². The van der Waals surface area contributed by atoms with Gasteiger partial charge < -0.3 is 5.32 Å². The van der Waals surface area contributed by atoms with Crippen LogP contribution in [-0.4, -0.2) is 38.9 Å². The molecule has 8 heteroatoms. The van der Waals surface area contributed by atoms with E-state index in [-0.39, 0.29) is 17.3 Å². The summed E-state index contributed by atoms with van der Waals surface area (Å²) >= 11 is 3.39. The lowest BCUT2D eigenvalue weighted by atomic mass is 10.0. The number of benzene rings is 3. The van der Waals surface area contributed by atoms with E-state index in [2.05, 4.69) is 32.2 Å². The number of carbonyl (C=O) groups excluding carboxylic acids is 1. The van der Waals surface area contributed by atoms with E-state index in [0.29, 0.717) is 12.2 Å². The second-order valence-corrected chi connectivity index (χ2v) is 12.0. The molecular weight excluding hydrogens is 538 g/mol. The van der Waals surface area contributed by atoms with Gasteiger partial charge in [0.2, 0.25) is 5.91 Å². The highest BCUT2D eigenvalue weighted by Gasteiger charge is 2.27. The lowest BCUT2D eigenvalue weighted by Crippen LogP contribution is -2.40. The minimum atomic E-state index is -3.94. The normalized spacial score (nSPS) is 14.4. The second kappa shape index (κ2) is 12.0. The minimum absolute atomic E-state index is 0.149. The Morgan fingerprint density at radius 1 is 0.917 bits per heavy atom. The average Bonchev–Trinajstić information content (AvgIpc) is 2.88. The first-order chi connectivity index (χ1) is 17.3. The van der Waals surface area contributed by atoms with E-state index in [4.69, 9.17) is 0 Å². The summed E-state index contributed by atoms with van der Waals surface area (Å²) in [6, 6.07) is 21.7. The van der Waals surface area contributed by atoms with Crippen LogP contribution in [0, 0.1) is 6.92 Å². The lowest BCUT2D eigenvalue weighted by molar-refractivity contribution is -0.119. The maximum Gasteiger partial charge on any atom is 0.264 e. The Kier molecular flexibility index (Phi) is 8.82. The summed E-state index contributed by atoms with van der Waals surface area (Å²) in [4.78, 5) is 15.7. The third-order valence-electron chi connectivity index (χ3n) is 6.45. The van der Waals surface area contributed by atoms with Gasteiger partial charge in [-0.2, -0.15) is 0 Å². The molecule has 0 bridgehead atoms. The number of amides is 1. The predicted molar refractivity (Wildman–Crippen MR) is 147 cm³/mol. The summed E-state index contributed by atoms with van der Waals surface area (Å²) < 4.78 is 29.1. The molecule has 1 aliphatic heterocycles. The van der Waals surface area contributed by atoms with Crippen molar-refractivity contribution in [3.8, 4) is 0 Å². The van der Waals surface area contributed by atoms with E-state index < -0.39 is 10.0 Å². The van der Waals surface area contributed by atoms with Gasteiger partial charge >= 0.3 is 0 Å². The van der Waals surface area contributed by atoms with Gasteiger partial charge in [-0.25, -0.2) is 8.42 Å². The SMILES string of the molecule is Cc1ccc(S(=O)(=O)N(CC(=O)NCc2ccccc2CN2CCCCC2)c2ccc(Br)cc2)cc1. The van der Waals surface area contributed by atoms with Crippen molar-refractivity contribution < 1.29 is 13.2 Å². The molecule has 190 valence electrons. The van der Waals surface area contributed by atoms with Gasteiger partial charge in [0.15, 0.2) is 0 Å². The molecule has 0 radical (unpaired) electrons. The van der Waals surface area contributed by atoms with Crippen LogP contribution in [0.1, 0.15) is 36.0 Å². The van der Waals surface area contributed by atoms with Crippen LogP contribution in [-0.2, 0) is 27.9 Å². The molecule has 1 fully saturated rings. The quantitative estimate of drug-likeness (QED) is 0.382. The van der Waals surface area contributed by atoms with Crippen molar-refractivity contribution in [1.82, 2.24) is 10.2 Å². The summed E-state index contributed by atoms with van der Waals surface area (Å²) in [5, 5.41) is 2.95. The first kappa shape index (κ1) is 26.4. The number of nitrogens with one attached hydrogen (secondary N) is 1. The fourth-order valence-electron chi connectivity index (χ4n) is 4.38. The molecule has 3 aromatic rings. The fourth-order valence-corrected chi connectivity index (χ4v) is 6.07. The van der Waals surface area contributed by atoms with E-state index in [9.17, 15) is 13.2 Å². The number of anilines is 1. The van der Waals surface area contributed by atoms with Gasteiger partial charge in [0.05, 0.1) is 10.6 Å². The Morgan fingerprint density at radius 2 is 1.56 bits per heavy atom. The molecular formula is C28H32BrN3O3S. The van der Waals surface area contributed by atoms with Gasteiger partial charge in [-0.3, -0.25) is 14.0 Å². The van der Waals surface area contributed by atoms with E-state index >= 15 is 0 Å². The number of hydrogen-bond acceptors (Lipinski definition) is 4. The van der Waals surface area contributed by atoms with Gasteiger partial charge in [0.1, 0.15) is 6.54 Å². The number of nitrogens with zero attached hydrogens (tertiary/aromatic N) is 2. The maximum atomic E-state index is 13.5. The van der Waals surface area contributed by atoms with Crippen molar-refractivity contribution in [2.45, 2.75) is 44.2 Å². The predicted octanol–water partition coefficient (Wildman–Crippen LogP) is 5.26. The van der Waals surface area contributed by atoms with Gasteiger partial charge in [0, 0.05) is 17.6 Å². The maximum absolute atomic E-state index is 13.5. The second-order valence-electron chi connectivity index (χ2n) is 9.18. The average molecular weight is 571 g/mol. The molecule has 1 amide bonds.